The molecular formula is C17H25BN4O3S. The maximum atomic E-state index is 12.8. The summed E-state index contributed by atoms with van der Waals surface area (Å²) in [6.07, 6.45) is 8.18. The zero-order valence-electron chi connectivity index (χ0n) is 15.3. The maximum Gasteiger partial charge on any atom is 0.233 e. The number of carbonyl (C=O) groups excluding carboxylic acids is 2. The molecular weight excluding hydrogens is 351 g/mol. The van der Waals surface area contributed by atoms with Gasteiger partial charge in [-0.05, 0) is 19.1 Å². The molecule has 2 aliphatic rings. The van der Waals surface area contributed by atoms with E-state index in [2.05, 4.69) is 15.2 Å². The van der Waals surface area contributed by atoms with Crippen LogP contribution in [0.3, 0.4) is 0 Å². The van der Waals surface area contributed by atoms with Gasteiger partial charge in [-0.2, -0.15) is 0 Å². The van der Waals surface area contributed by atoms with Gasteiger partial charge in [-0.25, -0.2) is 9.97 Å². The van der Waals surface area contributed by atoms with Crippen LogP contribution in [0.1, 0.15) is 48.9 Å². The fourth-order valence-corrected chi connectivity index (χ4v) is 4.44. The number of aliphatic hydroxyl groups excluding tert-OH is 1. The molecule has 26 heavy (non-hydrogen) atoms. The van der Waals surface area contributed by atoms with Crippen LogP contribution in [0.25, 0.3) is 0 Å². The number of nitrogens with one attached hydrogen (secondary N) is 1. The number of hydrogen-bond acceptors (Lipinski definition) is 7. The van der Waals surface area contributed by atoms with Crippen LogP contribution < -0.4 is 10.1 Å². The van der Waals surface area contributed by atoms with E-state index in [1.54, 1.807) is 6.20 Å². The Morgan fingerprint density at radius 1 is 1.46 bits per heavy atom. The minimum absolute atomic E-state index is 0.0604. The highest BCUT2D eigenvalue weighted by Gasteiger charge is 2.48. The molecule has 1 atom stereocenters. The summed E-state index contributed by atoms with van der Waals surface area (Å²) in [6.45, 7) is 1.80. The Hall–Kier alpha value is -1.61. The van der Waals surface area contributed by atoms with E-state index in [0.717, 1.165) is 32.1 Å². The van der Waals surface area contributed by atoms with Crippen molar-refractivity contribution in [2.75, 3.05) is 17.8 Å². The minimum atomic E-state index is -0.648. The third-order valence-corrected chi connectivity index (χ3v) is 5.95. The molecule has 1 saturated carbocycles. The largest absolute Gasteiger partial charge is 0.401 e. The molecule has 3 rings (SSSR count). The van der Waals surface area contributed by atoms with Gasteiger partial charge in [0.1, 0.15) is 11.9 Å². The highest BCUT2D eigenvalue weighted by molar-refractivity contribution is 7.98. The molecule has 1 aliphatic carbocycles. The molecule has 7 nitrogen and oxygen atoms in total. The number of amides is 1. The van der Waals surface area contributed by atoms with Gasteiger partial charge in [0.05, 0.1) is 17.7 Å². The zero-order chi connectivity index (χ0) is 18.7. The summed E-state index contributed by atoms with van der Waals surface area (Å²) in [4.78, 5) is 36.2. The van der Waals surface area contributed by atoms with Crippen LogP contribution in [0.2, 0.25) is 6.82 Å². The molecule has 0 aromatic carbocycles. The summed E-state index contributed by atoms with van der Waals surface area (Å²) in [5, 5.41) is 13.7. The van der Waals surface area contributed by atoms with Gasteiger partial charge in [-0.15, -0.1) is 0 Å². The van der Waals surface area contributed by atoms with E-state index in [0.29, 0.717) is 24.0 Å². The van der Waals surface area contributed by atoms with Crippen molar-refractivity contribution in [1.29, 1.82) is 0 Å². The van der Waals surface area contributed by atoms with E-state index < -0.39 is 11.6 Å². The number of thioether (sulfide) groups is 1. The number of anilines is 1. The first-order chi connectivity index (χ1) is 12.6. The lowest BCUT2D eigenvalue weighted by Gasteiger charge is -2.51. The van der Waals surface area contributed by atoms with Gasteiger partial charge < -0.3 is 15.2 Å². The number of carbonyl (C=O) groups is 2. The Morgan fingerprint density at radius 2 is 2.19 bits per heavy atom. The predicted molar refractivity (Wildman–Crippen MR) is 103 cm³/mol. The van der Waals surface area contributed by atoms with Gasteiger partial charge in [0.15, 0.2) is 10.9 Å². The first-order valence-electron chi connectivity index (χ1n) is 9.18. The van der Waals surface area contributed by atoms with Crippen LogP contribution >= 0.6 is 11.8 Å². The monoisotopic (exact) mass is 376 g/mol. The molecule has 1 aromatic rings. The zero-order valence-corrected chi connectivity index (χ0v) is 16.1. The van der Waals surface area contributed by atoms with Crippen LogP contribution in [-0.4, -0.2) is 58.6 Å². The van der Waals surface area contributed by atoms with E-state index in [9.17, 15) is 14.7 Å². The number of aliphatic hydroxyl groups is 1. The summed E-state index contributed by atoms with van der Waals surface area (Å²) in [7, 11) is 0.496. The number of Topliss-reactive ketones (excluding diaryl/α,β-unsaturated/α-hetero) is 1. The van der Waals surface area contributed by atoms with Crippen molar-refractivity contribution in [3.8, 4) is 0 Å². The third-order valence-electron chi connectivity index (χ3n) is 5.39. The van der Waals surface area contributed by atoms with Gasteiger partial charge in [0.2, 0.25) is 13.3 Å². The molecule has 2 heterocycles. The summed E-state index contributed by atoms with van der Waals surface area (Å²) in [5.41, 5.74) is -0.116. The molecule has 9 heteroatoms. The van der Waals surface area contributed by atoms with E-state index >= 15 is 0 Å². The minimum Gasteiger partial charge on any atom is -0.401 e. The molecule has 0 radical (unpaired) electrons. The Kier molecular flexibility index (Phi) is 5.87. The van der Waals surface area contributed by atoms with Gasteiger partial charge in [-0.1, -0.05) is 37.8 Å². The summed E-state index contributed by atoms with van der Waals surface area (Å²) >= 11 is 1.39. The second kappa shape index (κ2) is 7.96. The van der Waals surface area contributed by atoms with Crippen LogP contribution in [0, 0.1) is 0 Å². The van der Waals surface area contributed by atoms with Crippen molar-refractivity contribution in [2.24, 2.45) is 0 Å². The van der Waals surface area contributed by atoms with Gasteiger partial charge in [0.25, 0.3) is 0 Å². The fraction of sp³-hybridized carbons (Fsp3) is 0.647. The molecule has 1 aliphatic heterocycles. The third kappa shape index (κ3) is 3.34. The Balaban J connectivity index is 2.14. The smallest absolute Gasteiger partial charge is 0.233 e. The number of nitrogens with zero attached hydrogens (tertiary/aromatic N) is 3. The average Bonchev–Trinajstić information content (AvgIpc) is 2.68. The Morgan fingerprint density at radius 3 is 2.81 bits per heavy atom. The average molecular weight is 376 g/mol. The number of ketones is 1. The number of rotatable bonds is 5. The molecule has 1 unspecified atom stereocenters. The van der Waals surface area contributed by atoms with E-state index in [1.165, 1.54) is 11.8 Å². The van der Waals surface area contributed by atoms with Crippen molar-refractivity contribution in [1.82, 2.24) is 15.2 Å². The lowest BCUT2D eigenvalue weighted by atomic mass is 9.78. The van der Waals surface area contributed by atoms with Crippen LogP contribution in [0.4, 0.5) is 5.82 Å². The first kappa shape index (κ1) is 19.2. The van der Waals surface area contributed by atoms with Crippen LogP contribution in [0.5, 0.6) is 0 Å². The van der Waals surface area contributed by atoms with E-state index in [-0.39, 0.29) is 24.7 Å². The highest BCUT2D eigenvalue weighted by atomic mass is 32.2. The lowest BCUT2D eigenvalue weighted by Crippen LogP contribution is -2.63. The normalized spacial score (nSPS) is 21.9. The van der Waals surface area contributed by atoms with E-state index in [4.69, 9.17) is 0 Å². The quantitative estimate of drug-likeness (QED) is 0.453. The van der Waals surface area contributed by atoms with Crippen LogP contribution in [-0.2, 0) is 4.79 Å². The van der Waals surface area contributed by atoms with Crippen molar-refractivity contribution in [3.05, 3.63) is 11.8 Å². The van der Waals surface area contributed by atoms with Gasteiger partial charge >= 0.3 is 0 Å². The molecule has 1 fully saturated rings. The summed E-state index contributed by atoms with van der Waals surface area (Å²) < 4.78 is 0. The van der Waals surface area contributed by atoms with Crippen molar-refractivity contribution in [3.63, 3.8) is 0 Å². The standard InChI is InChI=1S/C17H25BN4O3S/c1-18-21-15(25)12-8-13(24)11-9-19-16(26-2)20-14(11)22(12)17(10-23)6-4-3-5-7-17/h9,12,18,23H,3-8,10H2,1-2H3,(H,21,25). The molecule has 0 spiro atoms. The van der Waals surface area contributed by atoms with Gasteiger partial charge in [0, 0.05) is 12.6 Å². The Labute approximate surface area is 158 Å². The molecule has 0 bridgehead atoms. The fourth-order valence-electron chi connectivity index (χ4n) is 4.10. The second-order valence-corrected chi connectivity index (χ2v) is 7.72. The maximum absolute atomic E-state index is 12.8. The van der Waals surface area contributed by atoms with Crippen molar-refractivity contribution >= 4 is 36.7 Å². The van der Waals surface area contributed by atoms with E-state index in [1.807, 2.05) is 18.0 Å². The molecule has 0 saturated heterocycles. The number of fused-ring (bicyclic) bond motifs is 1. The molecule has 140 valence electrons. The molecule has 2 N–H and O–H groups in total. The topological polar surface area (TPSA) is 95.4 Å². The van der Waals surface area contributed by atoms with Crippen molar-refractivity contribution in [2.45, 2.75) is 62.1 Å². The van der Waals surface area contributed by atoms with Crippen LogP contribution in [0.15, 0.2) is 11.4 Å². The molecule has 1 amide bonds. The Bertz CT molecular complexity index is 697. The summed E-state index contributed by atoms with van der Waals surface area (Å²) in [5.74, 6) is 0.186. The summed E-state index contributed by atoms with van der Waals surface area (Å²) in [6, 6.07) is -0.648. The SMILES string of the molecule is CBNC(=O)C1CC(=O)c2cnc(SC)nc2N1C1(CO)CCCCC1. The predicted octanol–water partition coefficient (Wildman–Crippen LogP) is 1.17. The first-order valence-corrected chi connectivity index (χ1v) is 10.4. The highest BCUT2D eigenvalue weighted by Crippen LogP contribution is 2.42. The number of aromatic nitrogens is 2. The lowest BCUT2D eigenvalue weighted by molar-refractivity contribution is -0.121. The van der Waals surface area contributed by atoms with Crippen molar-refractivity contribution < 1.29 is 14.7 Å². The molecule has 1 aromatic heterocycles. The second-order valence-electron chi connectivity index (χ2n) is 6.94. The van der Waals surface area contributed by atoms with Gasteiger partial charge in [-0.3, -0.25) is 9.59 Å². The number of hydrogen-bond donors (Lipinski definition) is 2.